The third-order valence-electron chi connectivity index (χ3n) is 7.57. The fraction of sp³-hybridized carbons (Fsp3) is 0.750. The standard InChI is InChI=1S/C24H34N4O2/c1-16-19-12-14-22(30)28(18-10-11-18)24(19)26-23(25-16)20-8-4-5-15-27(20)21(29)13-9-17-6-2-3-7-17/h17-18,20H,2-15H2,1H3. The van der Waals surface area contributed by atoms with Crippen LogP contribution in [0.5, 0.6) is 0 Å². The van der Waals surface area contributed by atoms with Gasteiger partial charge in [0.25, 0.3) is 0 Å². The van der Waals surface area contributed by atoms with Crippen molar-refractivity contribution >= 4 is 17.6 Å². The molecule has 1 atom stereocenters. The highest BCUT2D eigenvalue weighted by atomic mass is 16.2. The third-order valence-corrected chi connectivity index (χ3v) is 7.57. The van der Waals surface area contributed by atoms with Crippen LogP contribution in [0.4, 0.5) is 5.82 Å². The summed E-state index contributed by atoms with van der Waals surface area (Å²) >= 11 is 0. The first-order chi connectivity index (χ1) is 14.6. The van der Waals surface area contributed by atoms with E-state index in [4.69, 9.17) is 9.97 Å². The number of amides is 2. The molecule has 1 aromatic heterocycles. The van der Waals surface area contributed by atoms with Gasteiger partial charge in [-0.2, -0.15) is 0 Å². The van der Waals surface area contributed by atoms with Gasteiger partial charge in [-0.05, 0) is 57.8 Å². The highest BCUT2D eigenvalue weighted by Crippen LogP contribution is 2.39. The molecule has 1 aromatic rings. The van der Waals surface area contributed by atoms with Crippen LogP contribution in [0.2, 0.25) is 0 Å². The Hall–Kier alpha value is -1.98. The third kappa shape index (κ3) is 3.85. The maximum absolute atomic E-state index is 13.2. The van der Waals surface area contributed by atoms with Gasteiger partial charge >= 0.3 is 0 Å². The monoisotopic (exact) mass is 410 g/mol. The van der Waals surface area contributed by atoms with Crippen LogP contribution in [0.3, 0.4) is 0 Å². The lowest BCUT2D eigenvalue weighted by Gasteiger charge is -2.36. The Morgan fingerprint density at radius 1 is 1.00 bits per heavy atom. The molecule has 0 aromatic carbocycles. The van der Waals surface area contributed by atoms with Crippen LogP contribution in [-0.2, 0) is 16.0 Å². The second-order valence-electron chi connectivity index (χ2n) is 9.75. The van der Waals surface area contributed by atoms with Gasteiger partial charge in [0.1, 0.15) is 5.82 Å². The van der Waals surface area contributed by atoms with E-state index in [1.54, 1.807) is 0 Å². The van der Waals surface area contributed by atoms with Crippen LogP contribution in [0.15, 0.2) is 0 Å². The van der Waals surface area contributed by atoms with Gasteiger partial charge in [0.2, 0.25) is 11.8 Å². The van der Waals surface area contributed by atoms with E-state index < -0.39 is 0 Å². The molecular weight excluding hydrogens is 376 g/mol. The summed E-state index contributed by atoms with van der Waals surface area (Å²) in [5, 5.41) is 0. The normalized spacial score (nSPS) is 25.0. The molecule has 0 bridgehead atoms. The van der Waals surface area contributed by atoms with Crippen molar-refractivity contribution in [1.29, 1.82) is 0 Å². The number of aromatic nitrogens is 2. The van der Waals surface area contributed by atoms with E-state index in [0.29, 0.717) is 18.9 Å². The molecule has 4 aliphatic rings. The van der Waals surface area contributed by atoms with Gasteiger partial charge < -0.3 is 4.90 Å². The van der Waals surface area contributed by atoms with E-state index in [-0.39, 0.29) is 17.9 Å². The number of carbonyl (C=O) groups is 2. The van der Waals surface area contributed by atoms with E-state index in [2.05, 4.69) is 0 Å². The molecule has 6 heteroatoms. The van der Waals surface area contributed by atoms with Crippen LogP contribution >= 0.6 is 0 Å². The highest BCUT2D eigenvalue weighted by Gasteiger charge is 2.40. The number of likely N-dealkylation sites (tertiary alicyclic amines) is 1. The number of carbonyl (C=O) groups excluding carboxylic acids is 2. The van der Waals surface area contributed by atoms with E-state index in [0.717, 1.165) is 80.3 Å². The Balaban J connectivity index is 1.39. The molecule has 2 amide bonds. The van der Waals surface area contributed by atoms with Crippen LogP contribution < -0.4 is 4.90 Å². The molecular formula is C24H34N4O2. The smallest absolute Gasteiger partial charge is 0.228 e. The number of hydrogen-bond donors (Lipinski definition) is 0. The van der Waals surface area contributed by atoms with Crippen molar-refractivity contribution in [2.75, 3.05) is 11.4 Å². The molecule has 0 N–H and O–H groups in total. The second kappa shape index (κ2) is 8.27. The largest absolute Gasteiger partial charge is 0.332 e. The topological polar surface area (TPSA) is 66.4 Å². The quantitative estimate of drug-likeness (QED) is 0.728. The first kappa shape index (κ1) is 20.0. The number of nitrogens with zero attached hydrogens (tertiary/aromatic N) is 4. The van der Waals surface area contributed by atoms with Gasteiger partial charge in [0, 0.05) is 36.7 Å². The molecule has 2 saturated carbocycles. The zero-order chi connectivity index (χ0) is 20.7. The van der Waals surface area contributed by atoms with E-state index >= 15 is 0 Å². The van der Waals surface area contributed by atoms with Crippen LogP contribution in [0.1, 0.15) is 100 Å². The van der Waals surface area contributed by atoms with Gasteiger partial charge in [0.15, 0.2) is 5.82 Å². The summed E-state index contributed by atoms with van der Waals surface area (Å²) in [6.45, 7) is 2.85. The molecule has 5 rings (SSSR count). The summed E-state index contributed by atoms with van der Waals surface area (Å²) < 4.78 is 0. The van der Waals surface area contributed by atoms with Crippen molar-refractivity contribution in [3.63, 3.8) is 0 Å². The summed E-state index contributed by atoms with van der Waals surface area (Å²) in [6, 6.07) is 0.270. The number of fused-ring (bicyclic) bond motifs is 1. The fourth-order valence-corrected chi connectivity index (χ4v) is 5.69. The van der Waals surface area contributed by atoms with Crippen LogP contribution in [0.25, 0.3) is 0 Å². The first-order valence-corrected chi connectivity index (χ1v) is 12.1. The zero-order valence-electron chi connectivity index (χ0n) is 18.2. The molecule has 2 aliphatic carbocycles. The molecule has 162 valence electrons. The zero-order valence-corrected chi connectivity index (χ0v) is 18.2. The average molecular weight is 411 g/mol. The molecule has 6 nitrogen and oxygen atoms in total. The predicted molar refractivity (Wildman–Crippen MR) is 115 cm³/mol. The SMILES string of the molecule is Cc1nc(C2CCCCN2C(=O)CCC2CCCC2)nc2c1CCC(=O)N2C1CC1. The Morgan fingerprint density at radius 2 is 1.77 bits per heavy atom. The van der Waals surface area contributed by atoms with Gasteiger partial charge in [-0.25, -0.2) is 9.97 Å². The molecule has 1 unspecified atom stereocenters. The summed E-state index contributed by atoms with van der Waals surface area (Å²) in [6.07, 6.45) is 13.4. The first-order valence-electron chi connectivity index (χ1n) is 12.1. The van der Waals surface area contributed by atoms with Crippen molar-refractivity contribution in [2.24, 2.45) is 5.92 Å². The molecule has 0 radical (unpaired) electrons. The van der Waals surface area contributed by atoms with Crippen LogP contribution in [-0.4, -0.2) is 39.3 Å². The van der Waals surface area contributed by atoms with Crippen molar-refractivity contribution in [1.82, 2.24) is 14.9 Å². The maximum atomic E-state index is 13.2. The van der Waals surface area contributed by atoms with Gasteiger partial charge in [-0.1, -0.05) is 25.7 Å². The lowest BCUT2D eigenvalue weighted by molar-refractivity contribution is -0.135. The lowest BCUT2D eigenvalue weighted by Crippen LogP contribution is -2.41. The molecule has 0 spiro atoms. The van der Waals surface area contributed by atoms with E-state index in [1.807, 2.05) is 16.7 Å². The van der Waals surface area contributed by atoms with Crippen molar-refractivity contribution in [2.45, 2.75) is 102 Å². The Labute approximate surface area is 179 Å². The van der Waals surface area contributed by atoms with Crippen molar-refractivity contribution < 1.29 is 9.59 Å². The number of aryl methyl sites for hydroxylation is 1. The molecule has 2 aliphatic heterocycles. The van der Waals surface area contributed by atoms with Crippen molar-refractivity contribution in [3.8, 4) is 0 Å². The Kier molecular flexibility index (Phi) is 5.50. The molecule has 30 heavy (non-hydrogen) atoms. The minimum absolute atomic E-state index is 0.0445. The van der Waals surface area contributed by atoms with E-state index in [9.17, 15) is 9.59 Å². The number of rotatable bonds is 5. The van der Waals surface area contributed by atoms with Gasteiger partial charge in [-0.3, -0.25) is 14.5 Å². The Morgan fingerprint density at radius 3 is 2.53 bits per heavy atom. The number of hydrogen-bond acceptors (Lipinski definition) is 4. The highest BCUT2D eigenvalue weighted by molar-refractivity contribution is 5.96. The second-order valence-corrected chi connectivity index (χ2v) is 9.75. The molecule has 1 saturated heterocycles. The van der Waals surface area contributed by atoms with Gasteiger partial charge in [0.05, 0.1) is 6.04 Å². The number of piperidine rings is 1. The predicted octanol–water partition coefficient (Wildman–Crippen LogP) is 4.25. The molecule has 3 fully saturated rings. The maximum Gasteiger partial charge on any atom is 0.228 e. The van der Waals surface area contributed by atoms with Crippen LogP contribution in [0, 0.1) is 12.8 Å². The minimum Gasteiger partial charge on any atom is -0.332 e. The fourth-order valence-electron chi connectivity index (χ4n) is 5.69. The minimum atomic E-state index is -0.0445. The summed E-state index contributed by atoms with van der Waals surface area (Å²) in [7, 11) is 0. The Bertz CT molecular complexity index is 829. The summed E-state index contributed by atoms with van der Waals surface area (Å²) in [4.78, 5) is 39.6. The van der Waals surface area contributed by atoms with Crippen molar-refractivity contribution in [3.05, 3.63) is 17.1 Å². The average Bonchev–Trinajstić information content (AvgIpc) is 3.45. The van der Waals surface area contributed by atoms with E-state index in [1.165, 1.54) is 25.7 Å². The number of anilines is 1. The molecule has 3 heterocycles. The summed E-state index contributed by atoms with van der Waals surface area (Å²) in [5.74, 6) is 2.78. The lowest BCUT2D eigenvalue weighted by atomic mass is 9.97. The van der Waals surface area contributed by atoms with Gasteiger partial charge in [-0.15, -0.1) is 0 Å². The summed E-state index contributed by atoms with van der Waals surface area (Å²) in [5.41, 5.74) is 2.11.